The predicted octanol–water partition coefficient (Wildman–Crippen LogP) is -1.61. The van der Waals surface area contributed by atoms with Crippen molar-refractivity contribution >= 4 is 9.05 Å². The summed E-state index contributed by atoms with van der Waals surface area (Å²) in [7, 11) is -4.19. The van der Waals surface area contributed by atoms with Crippen LogP contribution in [0.1, 0.15) is 19.8 Å². The van der Waals surface area contributed by atoms with Gasteiger partial charge in [-0.05, 0) is 6.42 Å². The van der Waals surface area contributed by atoms with E-state index < -0.39 is 9.05 Å². The molecule has 0 rings (SSSR count). The summed E-state index contributed by atoms with van der Waals surface area (Å²) in [6.45, 7) is 2.16. The Hall–Kier alpha value is 0.0169. The SMILES string of the molecule is CCCCO[Si](O)(O)O.O. The minimum absolute atomic E-state index is 0. The molecule has 5 nitrogen and oxygen atoms in total. The van der Waals surface area contributed by atoms with Gasteiger partial charge in [0.15, 0.2) is 0 Å². The smallest absolute Gasteiger partial charge is 0.412 e. The van der Waals surface area contributed by atoms with E-state index in [-0.39, 0.29) is 12.1 Å². The zero-order chi connectivity index (χ0) is 7.33. The van der Waals surface area contributed by atoms with E-state index in [1.807, 2.05) is 6.92 Å². The highest BCUT2D eigenvalue weighted by Crippen LogP contribution is 1.93. The summed E-state index contributed by atoms with van der Waals surface area (Å²) >= 11 is 0. The van der Waals surface area contributed by atoms with E-state index in [0.717, 1.165) is 12.8 Å². The van der Waals surface area contributed by atoms with Crippen molar-refractivity contribution in [1.29, 1.82) is 0 Å². The average Bonchev–Trinajstić information content (AvgIpc) is 1.63. The third-order valence-corrected chi connectivity index (χ3v) is 1.39. The van der Waals surface area contributed by atoms with Gasteiger partial charge in [0.25, 0.3) is 0 Å². The Morgan fingerprint density at radius 1 is 1.30 bits per heavy atom. The Bertz CT molecular complexity index is 70.5. The van der Waals surface area contributed by atoms with Crippen LogP contribution in [0.3, 0.4) is 0 Å². The molecule has 64 valence electrons. The van der Waals surface area contributed by atoms with Crippen LogP contribution in [0.15, 0.2) is 0 Å². The molecule has 0 spiro atoms. The molecule has 0 aliphatic carbocycles. The second kappa shape index (κ2) is 5.78. The summed E-state index contributed by atoms with van der Waals surface area (Å²) in [4.78, 5) is 24.8. The minimum atomic E-state index is -4.19. The van der Waals surface area contributed by atoms with E-state index in [0.29, 0.717) is 0 Å². The van der Waals surface area contributed by atoms with Crippen LogP contribution in [0.5, 0.6) is 0 Å². The van der Waals surface area contributed by atoms with Crippen molar-refractivity contribution in [2.75, 3.05) is 6.61 Å². The van der Waals surface area contributed by atoms with Crippen molar-refractivity contribution in [3.05, 3.63) is 0 Å². The maximum absolute atomic E-state index is 8.27. The highest BCUT2D eigenvalue weighted by molar-refractivity contribution is 6.48. The van der Waals surface area contributed by atoms with Gasteiger partial charge in [0.05, 0.1) is 0 Å². The molecule has 10 heavy (non-hydrogen) atoms. The van der Waals surface area contributed by atoms with Gasteiger partial charge in [0, 0.05) is 6.61 Å². The topological polar surface area (TPSA) is 101 Å². The van der Waals surface area contributed by atoms with Gasteiger partial charge in [-0.15, -0.1) is 0 Å². The second-order valence-corrected chi connectivity index (χ2v) is 3.21. The Morgan fingerprint density at radius 2 is 1.80 bits per heavy atom. The van der Waals surface area contributed by atoms with Crippen LogP contribution in [-0.2, 0) is 4.43 Å². The fourth-order valence-corrected chi connectivity index (χ4v) is 0.772. The maximum atomic E-state index is 8.27. The molecule has 6 heteroatoms. The summed E-state index contributed by atoms with van der Waals surface area (Å²) in [5.41, 5.74) is 0. The molecule has 0 fully saturated rings. The quantitative estimate of drug-likeness (QED) is 0.349. The van der Waals surface area contributed by atoms with Crippen LogP contribution < -0.4 is 0 Å². The first-order valence-corrected chi connectivity index (χ1v) is 4.62. The maximum Gasteiger partial charge on any atom is 0.671 e. The lowest BCUT2D eigenvalue weighted by atomic mass is 10.4. The van der Waals surface area contributed by atoms with Gasteiger partial charge in [0.1, 0.15) is 0 Å². The molecule has 0 atom stereocenters. The predicted molar refractivity (Wildman–Crippen MR) is 36.9 cm³/mol. The zero-order valence-electron chi connectivity index (χ0n) is 5.87. The van der Waals surface area contributed by atoms with E-state index in [2.05, 4.69) is 4.43 Å². The van der Waals surface area contributed by atoms with Crippen molar-refractivity contribution in [2.45, 2.75) is 19.8 Å². The van der Waals surface area contributed by atoms with Crippen molar-refractivity contribution in [3.8, 4) is 0 Å². The summed E-state index contributed by atoms with van der Waals surface area (Å²) in [5.74, 6) is 0. The molecule has 0 aromatic heterocycles. The summed E-state index contributed by atoms with van der Waals surface area (Å²) in [6.07, 6.45) is 1.64. The third kappa shape index (κ3) is 10.9. The van der Waals surface area contributed by atoms with Gasteiger partial charge in [0.2, 0.25) is 0 Å². The molecule has 0 heterocycles. The van der Waals surface area contributed by atoms with Crippen LogP contribution in [-0.4, -0.2) is 35.5 Å². The molecule has 0 amide bonds. The van der Waals surface area contributed by atoms with Gasteiger partial charge in [-0.2, -0.15) is 0 Å². The first-order chi connectivity index (χ1) is 4.06. The Kier molecular flexibility index (Phi) is 7.32. The van der Waals surface area contributed by atoms with Gasteiger partial charge in [-0.25, -0.2) is 0 Å². The minimum Gasteiger partial charge on any atom is -0.412 e. The molecule has 0 bridgehead atoms. The fraction of sp³-hybridized carbons (Fsp3) is 1.00. The third-order valence-electron chi connectivity index (χ3n) is 0.794. The normalized spacial score (nSPS) is 10.8. The highest BCUT2D eigenvalue weighted by atomic mass is 28.4. The van der Waals surface area contributed by atoms with Gasteiger partial charge < -0.3 is 24.3 Å². The zero-order valence-corrected chi connectivity index (χ0v) is 6.87. The molecular formula is C4H14O5Si. The Balaban J connectivity index is 0. The van der Waals surface area contributed by atoms with Crippen molar-refractivity contribution in [3.63, 3.8) is 0 Å². The lowest BCUT2D eigenvalue weighted by Crippen LogP contribution is -2.39. The average molecular weight is 170 g/mol. The number of hydrogen-bond donors (Lipinski definition) is 3. The monoisotopic (exact) mass is 170 g/mol. The second-order valence-electron chi connectivity index (χ2n) is 1.78. The van der Waals surface area contributed by atoms with Crippen LogP contribution >= 0.6 is 0 Å². The number of rotatable bonds is 4. The molecule has 0 aliphatic heterocycles. The fourth-order valence-electron chi connectivity index (χ4n) is 0.353. The lowest BCUT2D eigenvalue weighted by molar-refractivity contribution is 0.0623. The van der Waals surface area contributed by atoms with Gasteiger partial charge in [-0.3, -0.25) is 0 Å². The van der Waals surface area contributed by atoms with E-state index in [9.17, 15) is 0 Å². The van der Waals surface area contributed by atoms with Crippen molar-refractivity contribution in [2.24, 2.45) is 0 Å². The van der Waals surface area contributed by atoms with Crippen LogP contribution in [0, 0.1) is 0 Å². The highest BCUT2D eigenvalue weighted by Gasteiger charge is 2.29. The lowest BCUT2D eigenvalue weighted by Gasteiger charge is -2.07. The van der Waals surface area contributed by atoms with E-state index >= 15 is 0 Å². The molecule has 0 saturated heterocycles. The number of hydrogen-bond acceptors (Lipinski definition) is 4. The van der Waals surface area contributed by atoms with Crippen LogP contribution in [0.25, 0.3) is 0 Å². The van der Waals surface area contributed by atoms with Crippen molar-refractivity contribution < 1.29 is 24.3 Å². The molecule has 0 aromatic rings. The van der Waals surface area contributed by atoms with E-state index in [4.69, 9.17) is 14.4 Å². The Morgan fingerprint density at radius 3 is 2.10 bits per heavy atom. The van der Waals surface area contributed by atoms with Crippen molar-refractivity contribution in [1.82, 2.24) is 0 Å². The molecule has 0 aliphatic rings. The standard InChI is InChI=1S/C4H12O4Si.H2O/c1-2-3-4-8-9(5,6)7;/h5-7H,2-4H2,1H3;1H2. The van der Waals surface area contributed by atoms with Gasteiger partial charge >= 0.3 is 9.05 Å². The molecule has 0 unspecified atom stereocenters. The van der Waals surface area contributed by atoms with Gasteiger partial charge in [-0.1, -0.05) is 13.3 Å². The van der Waals surface area contributed by atoms with E-state index in [1.165, 1.54) is 0 Å². The molecule has 0 aromatic carbocycles. The molecule has 0 radical (unpaired) electrons. The summed E-state index contributed by atoms with van der Waals surface area (Å²) in [6, 6.07) is 0. The summed E-state index contributed by atoms with van der Waals surface area (Å²) in [5, 5.41) is 0. The molecular weight excluding hydrogens is 156 g/mol. The van der Waals surface area contributed by atoms with Crippen LogP contribution in [0.4, 0.5) is 0 Å². The van der Waals surface area contributed by atoms with Crippen LogP contribution in [0.2, 0.25) is 0 Å². The number of unbranched alkanes of at least 4 members (excludes halogenated alkanes) is 1. The summed E-state index contributed by atoms with van der Waals surface area (Å²) < 4.78 is 4.28. The molecule has 0 saturated carbocycles. The first kappa shape index (κ1) is 12.7. The Labute approximate surface area is 60.7 Å². The molecule has 5 N–H and O–H groups in total. The largest absolute Gasteiger partial charge is 0.671 e. The van der Waals surface area contributed by atoms with E-state index in [1.54, 1.807) is 0 Å². The first-order valence-electron chi connectivity index (χ1n) is 2.87.